The van der Waals surface area contributed by atoms with E-state index in [0.717, 1.165) is 182 Å². The van der Waals surface area contributed by atoms with Crippen molar-refractivity contribution >= 4 is 153 Å². The molecule has 0 atom stereocenters. The van der Waals surface area contributed by atoms with E-state index in [0.29, 0.717) is 0 Å². The Morgan fingerprint density at radius 1 is 0.190 bits per heavy atom. The van der Waals surface area contributed by atoms with Crippen molar-refractivity contribution in [2.75, 3.05) is 0 Å². The molecule has 7 heterocycles. The maximum Gasteiger partial charge on any atom is 0.136 e. The third kappa shape index (κ3) is 5.69. The predicted molar refractivity (Wildman–Crippen MR) is 321 cm³/mol. The van der Waals surface area contributed by atoms with Gasteiger partial charge in [-0.25, -0.2) is 0 Å². The molecule has 0 unspecified atom stereocenters. The minimum absolute atomic E-state index is 0.805. The van der Waals surface area contributed by atoms with E-state index >= 15 is 0 Å². The molecule has 0 aliphatic heterocycles. The lowest BCUT2D eigenvalue weighted by Gasteiger charge is -2.12. The molecule has 0 fully saturated rings. The van der Waals surface area contributed by atoms with Gasteiger partial charge in [0.25, 0.3) is 0 Å². The molecule has 366 valence electrons. The molecule has 19 aromatic rings. The van der Waals surface area contributed by atoms with Gasteiger partial charge >= 0.3 is 0 Å². The van der Waals surface area contributed by atoms with Crippen molar-refractivity contribution in [2.24, 2.45) is 0 Å². The number of hydrogen-bond acceptors (Lipinski definition) is 6. The predicted octanol–water partition coefficient (Wildman–Crippen LogP) is 21.2. The maximum atomic E-state index is 6.74. The highest BCUT2D eigenvalue weighted by molar-refractivity contribution is 6.29. The van der Waals surface area contributed by atoms with Crippen LogP contribution in [-0.2, 0) is 0 Å². The summed E-state index contributed by atoms with van der Waals surface area (Å²) in [5, 5.41) is 14.9. The Bertz CT molecular complexity index is 5630. The molecule has 12 aromatic carbocycles. The van der Waals surface area contributed by atoms with Gasteiger partial charge in [-0.3, -0.25) is 0 Å². The van der Waals surface area contributed by atoms with Crippen LogP contribution in [0.2, 0.25) is 0 Å². The van der Waals surface area contributed by atoms with Gasteiger partial charge in [-0.1, -0.05) is 91.0 Å². The number of benzene rings is 12. The van der Waals surface area contributed by atoms with Crippen LogP contribution in [0.1, 0.15) is 0 Å². The number of para-hydroxylation sites is 4. The highest BCUT2D eigenvalue weighted by atomic mass is 16.4. The lowest BCUT2D eigenvalue weighted by Crippen LogP contribution is -1.93. The van der Waals surface area contributed by atoms with Crippen molar-refractivity contribution in [1.29, 1.82) is 0 Å². The Kier molecular flexibility index (Phi) is 7.88. The zero-order chi connectivity index (χ0) is 51.2. The maximum absolute atomic E-state index is 6.74. The highest BCUT2D eigenvalue weighted by Gasteiger charge is 2.23. The van der Waals surface area contributed by atoms with E-state index in [9.17, 15) is 0 Å². The Hall–Kier alpha value is -10.8. The van der Waals surface area contributed by atoms with Gasteiger partial charge < -0.3 is 31.1 Å². The molecule has 19 rings (SSSR count). The highest BCUT2D eigenvalue weighted by Crippen LogP contribution is 2.47. The van der Waals surface area contributed by atoms with E-state index in [-0.39, 0.29) is 0 Å². The number of fused-ring (bicyclic) bond motifs is 24. The van der Waals surface area contributed by atoms with Crippen molar-refractivity contribution in [1.82, 2.24) is 4.57 Å². The molecule has 7 heteroatoms. The van der Waals surface area contributed by atoms with Gasteiger partial charge in [-0.05, 0) is 167 Å². The Balaban J connectivity index is 0.840. The lowest BCUT2D eigenvalue weighted by molar-refractivity contribution is 0.663. The van der Waals surface area contributed by atoms with Gasteiger partial charge in [0.15, 0.2) is 0 Å². The largest absolute Gasteiger partial charge is 0.456 e. The normalized spacial score (nSPS) is 12.6. The van der Waals surface area contributed by atoms with Gasteiger partial charge in [0.1, 0.15) is 67.0 Å². The van der Waals surface area contributed by atoms with Crippen molar-refractivity contribution < 1.29 is 26.5 Å². The first-order valence-electron chi connectivity index (χ1n) is 26.6. The molecule has 0 aliphatic rings. The van der Waals surface area contributed by atoms with Crippen LogP contribution in [-0.4, -0.2) is 4.57 Å². The number of hydrogen-bond donors (Lipinski definition) is 0. The van der Waals surface area contributed by atoms with Gasteiger partial charge in [-0.15, -0.1) is 0 Å². The van der Waals surface area contributed by atoms with Crippen LogP contribution < -0.4 is 0 Å². The summed E-state index contributed by atoms with van der Waals surface area (Å²) >= 11 is 0. The fourth-order valence-electron chi connectivity index (χ4n) is 13.3. The van der Waals surface area contributed by atoms with Crippen molar-refractivity contribution in [3.63, 3.8) is 0 Å². The fourth-order valence-corrected chi connectivity index (χ4v) is 13.3. The van der Waals surface area contributed by atoms with Crippen LogP contribution >= 0.6 is 0 Å². The summed E-state index contributed by atoms with van der Waals surface area (Å²) in [6.45, 7) is 0. The van der Waals surface area contributed by atoms with Crippen LogP contribution in [0, 0.1) is 0 Å². The lowest BCUT2D eigenvalue weighted by atomic mass is 9.91. The van der Waals surface area contributed by atoms with E-state index in [2.05, 4.69) is 168 Å². The van der Waals surface area contributed by atoms with Crippen molar-refractivity contribution in [2.45, 2.75) is 0 Å². The van der Waals surface area contributed by atoms with Gasteiger partial charge in [-0.2, -0.15) is 0 Å². The summed E-state index contributed by atoms with van der Waals surface area (Å²) in [6, 6.07) is 79.1. The molecule has 0 bridgehead atoms. The molecule has 0 aliphatic carbocycles. The third-order valence-corrected chi connectivity index (χ3v) is 16.8. The van der Waals surface area contributed by atoms with E-state index in [1.54, 1.807) is 0 Å². The molecule has 79 heavy (non-hydrogen) atoms. The number of furan rings is 6. The van der Waals surface area contributed by atoms with E-state index in [4.69, 9.17) is 26.5 Å². The summed E-state index contributed by atoms with van der Waals surface area (Å²) in [4.78, 5) is 0. The summed E-state index contributed by atoms with van der Waals surface area (Å²) in [7, 11) is 0. The Morgan fingerprint density at radius 2 is 0.468 bits per heavy atom. The van der Waals surface area contributed by atoms with Crippen LogP contribution in [0.25, 0.3) is 193 Å². The first-order valence-corrected chi connectivity index (χ1v) is 26.6. The topological polar surface area (TPSA) is 83.8 Å². The van der Waals surface area contributed by atoms with Crippen LogP contribution in [0.15, 0.2) is 251 Å². The van der Waals surface area contributed by atoms with Crippen LogP contribution in [0.5, 0.6) is 0 Å². The number of nitrogens with zero attached hydrogens (tertiary/aromatic N) is 1. The average Bonchev–Trinajstić information content (AvgIpc) is 4.52. The summed E-state index contributed by atoms with van der Waals surface area (Å²) in [5.41, 5.74) is 19.6. The van der Waals surface area contributed by atoms with E-state index in [1.807, 2.05) is 60.7 Å². The number of rotatable bonds is 4. The molecule has 7 aromatic heterocycles. The minimum Gasteiger partial charge on any atom is -0.456 e. The minimum atomic E-state index is 0.805. The summed E-state index contributed by atoms with van der Waals surface area (Å²) < 4.78 is 41.7. The second kappa shape index (κ2) is 15.0. The second-order valence-electron chi connectivity index (χ2n) is 21.0. The molecule has 0 saturated heterocycles. The van der Waals surface area contributed by atoms with Crippen LogP contribution in [0.4, 0.5) is 0 Å². The summed E-state index contributed by atoms with van der Waals surface area (Å²) in [6.07, 6.45) is 0. The molecular formula is C72H37NO6. The quantitative estimate of drug-likeness (QED) is 0.175. The third-order valence-electron chi connectivity index (χ3n) is 16.8. The second-order valence-corrected chi connectivity index (χ2v) is 21.0. The zero-order valence-corrected chi connectivity index (χ0v) is 41.8. The molecular weight excluding hydrogens is 975 g/mol. The molecule has 0 N–H and O–H groups in total. The van der Waals surface area contributed by atoms with Crippen molar-refractivity contribution in [3.8, 4) is 39.1 Å². The van der Waals surface area contributed by atoms with Crippen LogP contribution in [0.3, 0.4) is 0 Å². The zero-order valence-electron chi connectivity index (χ0n) is 41.8. The molecule has 0 radical (unpaired) electrons. The fraction of sp³-hybridized carbons (Fsp3) is 0. The van der Waals surface area contributed by atoms with Gasteiger partial charge in [0, 0.05) is 81.1 Å². The molecule has 0 amide bonds. The molecule has 0 spiro atoms. The smallest absolute Gasteiger partial charge is 0.136 e. The Labute approximate surface area is 445 Å². The Morgan fingerprint density at radius 3 is 0.848 bits per heavy atom. The van der Waals surface area contributed by atoms with Crippen molar-refractivity contribution in [3.05, 3.63) is 224 Å². The SMILES string of the molecule is c1ccc2c(c1)oc1ccc3oc4ccc(-c5cc(-c6ccc7oc8ccc9oc%10ccccc%10c9c8c7c6)cc(-c6ccc7oc8ccc9oc%10ccc(-n%11c%12ccccc%12c%12ccccc%12%11)cc%10c9c8c7c6)c5)cc4c3c12. The van der Waals surface area contributed by atoms with E-state index in [1.165, 1.54) is 10.8 Å². The molecule has 7 nitrogen and oxygen atoms in total. The average molecular weight is 1010 g/mol. The molecule has 0 saturated carbocycles. The standard InChI is InChI=1S/C72H37NO6/c1-5-13-53-45(9-1)46-10-2-6-14-54(46)73(53)44-20-24-60-52(37-44)72-66(79-60)30-29-65-71(72)51-36-40(19-23-59(51)78-65)43-32-41(38-17-21-57-49(34-38)69-63(76-57)27-25-61-67(69)47-11-3-7-15-55(47)74-61)31-42(33-43)39-18-22-58-50(35-39)70-64(77-58)28-26-62-68(70)48-12-4-8-16-56(48)75-62/h1-37H. The van der Waals surface area contributed by atoms with E-state index < -0.39 is 0 Å². The summed E-state index contributed by atoms with van der Waals surface area (Å²) in [5.74, 6) is 0. The first-order chi connectivity index (χ1) is 39.1. The first kappa shape index (κ1) is 41.5. The van der Waals surface area contributed by atoms with Gasteiger partial charge in [0.2, 0.25) is 0 Å². The van der Waals surface area contributed by atoms with Gasteiger partial charge in [0.05, 0.1) is 11.0 Å². The number of aromatic nitrogens is 1. The monoisotopic (exact) mass is 1010 g/mol.